The van der Waals surface area contributed by atoms with E-state index < -0.39 is 0 Å². The number of benzene rings is 1. The van der Waals surface area contributed by atoms with Crippen LogP contribution in [0, 0.1) is 5.92 Å². The van der Waals surface area contributed by atoms with E-state index in [1.807, 2.05) is 18.2 Å². The molecule has 1 saturated heterocycles. The minimum absolute atomic E-state index is 0. The molecule has 0 spiro atoms. The number of nitrogens with one attached hydrogen (secondary N) is 2. The zero-order valence-corrected chi connectivity index (χ0v) is 18.8. The van der Waals surface area contributed by atoms with Crippen LogP contribution >= 0.6 is 24.8 Å². The average Bonchev–Trinajstić information content (AvgIpc) is 2.70. The van der Waals surface area contributed by atoms with Crippen LogP contribution in [0.25, 0.3) is 0 Å². The Morgan fingerprint density at radius 1 is 1.25 bits per heavy atom. The van der Waals surface area contributed by atoms with Crippen LogP contribution in [0.4, 0.5) is 0 Å². The van der Waals surface area contributed by atoms with Crippen molar-refractivity contribution in [2.45, 2.75) is 33.2 Å². The molecule has 1 atom stereocenters. The number of rotatable bonds is 10. The Morgan fingerprint density at radius 2 is 2.00 bits per heavy atom. The zero-order chi connectivity index (χ0) is 18.8. The summed E-state index contributed by atoms with van der Waals surface area (Å²) < 4.78 is 11.3. The van der Waals surface area contributed by atoms with E-state index in [9.17, 15) is 4.79 Å². The molecule has 2 rings (SSSR count). The first kappa shape index (κ1) is 26.8. The largest absolute Gasteiger partial charge is 0.493 e. The molecule has 1 unspecified atom stereocenters. The normalized spacial score (nSPS) is 15.9. The van der Waals surface area contributed by atoms with E-state index in [0.29, 0.717) is 18.9 Å². The summed E-state index contributed by atoms with van der Waals surface area (Å²) in [7, 11) is 1.64. The van der Waals surface area contributed by atoms with Gasteiger partial charge in [-0.3, -0.25) is 4.79 Å². The number of amides is 1. The monoisotopic (exact) mass is 435 g/mol. The first-order valence-electron chi connectivity index (χ1n) is 9.68. The van der Waals surface area contributed by atoms with Crippen molar-refractivity contribution in [3.8, 4) is 11.5 Å². The lowest BCUT2D eigenvalue weighted by molar-refractivity contribution is -0.125. The third kappa shape index (κ3) is 8.43. The Kier molecular flexibility index (Phi) is 14.1. The number of hydrogen-bond acceptors (Lipinski definition) is 5. The van der Waals surface area contributed by atoms with Crippen LogP contribution in [0.15, 0.2) is 18.2 Å². The summed E-state index contributed by atoms with van der Waals surface area (Å²) in [5.74, 6) is 1.64. The van der Waals surface area contributed by atoms with Crippen molar-refractivity contribution in [1.29, 1.82) is 0 Å². The highest BCUT2D eigenvalue weighted by molar-refractivity contribution is 5.85. The molecule has 1 aromatic carbocycles. The van der Waals surface area contributed by atoms with E-state index in [2.05, 4.69) is 29.4 Å². The Balaban J connectivity index is 0.00000364. The van der Waals surface area contributed by atoms with Crippen LogP contribution < -0.4 is 20.1 Å². The molecule has 0 saturated carbocycles. The molecule has 162 valence electrons. The molecule has 0 aromatic heterocycles. The van der Waals surface area contributed by atoms with Gasteiger partial charge in [0.25, 0.3) is 0 Å². The molecule has 1 aromatic rings. The summed E-state index contributed by atoms with van der Waals surface area (Å²) >= 11 is 0. The van der Waals surface area contributed by atoms with Gasteiger partial charge in [0.2, 0.25) is 5.91 Å². The van der Waals surface area contributed by atoms with Crippen LogP contribution in [-0.4, -0.2) is 57.2 Å². The maximum atomic E-state index is 12.2. The number of hydrogen-bond donors (Lipinski definition) is 2. The van der Waals surface area contributed by atoms with Crippen molar-refractivity contribution in [3.05, 3.63) is 23.8 Å². The van der Waals surface area contributed by atoms with Crippen LogP contribution in [0.2, 0.25) is 0 Å². The number of halogens is 2. The molecule has 6 nitrogen and oxygen atoms in total. The second-order valence-electron chi connectivity index (χ2n) is 6.62. The third-order valence-electron chi connectivity index (χ3n) is 4.92. The molecule has 0 bridgehead atoms. The SMILES string of the molecule is CCN(CC)CCOc1ccc(CNC(=O)C2CCCNC2)cc1OC.Cl.Cl. The van der Waals surface area contributed by atoms with E-state index in [4.69, 9.17) is 9.47 Å². The molecule has 2 N–H and O–H groups in total. The molecule has 1 fully saturated rings. The minimum Gasteiger partial charge on any atom is -0.493 e. The van der Waals surface area contributed by atoms with Gasteiger partial charge in [-0.2, -0.15) is 0 Å². The first-order valence-corrected chi connectivity index (χ1v) is 9.68. The number of carbonyl (C=O) groups excluding carboxylic acids is 1. The van der Waals surface area contributed by atoms with Crippen LogP contribution in [-0.2, 0) is 11.3 Å². The highest BCUT2D eigenvalue weighted by atomic mass is 35.5. The van der Waals surface area contributed by atoms with Crippen molar-refractivity contribution in [3.63, 3.8) is 0 Å². The van der Waals surface area contributed by atoms with Crippen molar-refractivity contribution >= 4 is 30.7 Å². The van der Waals surface area contributed by atoms with Gasteiger partial charge in [-0.05, 0) is 50.2 Å². The third-order valence-corrected chi connectivity index (χ3v) is 4.92. The standard InChI is InChI=1S/C20H33N3O3.2ClH/c1-4-23(5-2)11-12-26-18-9-8-16(13-19(18)25-3)14-22-20(24)17-7-6-10-21-15-17;;/h8-9,13,17,21H,4-7,10-12,14-15H2,1-3H3,(H,22,24);2*1H. The van der Waals surface area contributed by atoms with Crippen molar-refractivity contribution in [1.82, 2.24) is 15.5 Å². The van der Waals surface area contributed by atoms with Crippen molar-refractivity contribution in [2.24, 2.45) is 5.92 Å². The second-order valence-corrected chi connectivity index (χ2v) is 6.62. The van der Waals surface area contributed by atoms with Gasteiger partial charge in [-0.1, -0.05) is 19.9 Å². The molecule has 28 heavy (non-hydrogen) atoms. The van der Waals surface area contributed by atoms with Crippen LogP contribution in [0.1, 0.15) is 32.3 Å². The molecule has 0 radical (unpaired) electrons. The lowest BCUT2D eigenvalue weighted by Crippen LogP contribution is -2.40. The maximum absolute atomic E-state index is 12.2. The fraction of sp³-hybridized carbons (Fsp3) is 0.650. The van der Waals surface area contributed by atoms with Gasteiger partial charge in [0.05, 0.1) is 13.0 Å². The van der Waals surface area contributed by atoms with Crippen molar-refractivity contribution in [2.75, 3.05) is 46.4 Å². The summed E-state index contributed by atoms with van der Waals surface area (Å²) in [5, 5.41) is 6.31. The molecule has 1 heterocycles. The van der Waals surface area contributed by atoms with Crippen molar-refractivity contribution < 1.29 is 14.3 Å². The highest BCUT2D eigenvalue weighted by Crippen LogP contribution is 2.28. The number of nitrogens with zero attached hydrogens (tertiary/aromatic N) is 1. The number of carbonyl (C=O) groups is 1. The Labute approximate surface area is 181 Å². The predicted molar refractivity (Wildman–Crippen MR) is 118 cm³/mol. The van der Waals surface area contributed by atoms with Gasteiger partial charge in [-0.25, -0.2) is 0 Å². The lowest BCUT2D eigenvalue weighted by atomic mass is 9.99. The molecule has 0 aliphatic carbocycles. The van der Waals surface area contributed by atoms with E-state index in [1.165, 1.54) is 0 Å². The van der Waals surface area contributed by atoms with E-state index in [-0.39, 0.29) is 36.6 Å². The summed E-state index contributed by atoms with van der Waals surface area (Å²) in [4.78, 5) is 14.6. The van der Waals surface area contributed by atoms with Gasteiger partial charge in [-0.15, -0.1) is 24.8 Å². The van der Waals surface area contributed by atoms with Gasteiger partial charge in [0, 0.05) is 19.6 Å². The highest BCUT2D eigenvalue weighted by Gasteiger charge is 2.20. The summed E-state index contributed by atoms with van der Waals surface area (Å²) in [6.45, 7) is 10.1. The van der Waals surface area contributed by atoms with Gasteiger partial charge in [0.15, 0.2) is 11.5 Å². The average molecular weight is 436 g/mol. The van der Waals surface area contributed by atoms with E-state index in [0.717, 1.165) is 56.9 Å². The quantitative estimate of drug-likeness (QED) is 0.591. The molecule has 8 heteroatoms. The number of piperidine rings is 1. The molecule has 1 aliphatic rings. The smallest absolute Gasteiger partial charge is 0.224 e. The van der Waals surface area contributed by atoms with Crippen LogP contribution in [0.3, 0.4) is 0 Å². The Hall–Kier alpha value is -1.21. The Morgan fingerprint density at radius 3 is 2.61 bits per heavy atom. The fourth-order valence-corrected chi connectivity index (χ4v) is 3.17. The summed E-state index contributed by atoms with van der Waals surface area (Å²) in [6, 6.07) is 5.84. The van der Waals surface area contributed by atoms with Gasteiger partial charge in [0.1, 0.15) is 6.61 Å². The van der Waals surface area contributed by atoms with Gasteiger partial charge < -0.3 is 25.0 Å². The van der Waals surface area contributed by atoms with E-state index >= 15 is 0 Å². The predicted octanol–water partition coefficient (Wildman–Crippen LogP) is 2.88. The maximum Gasteiger partial charge on any atom is 0.224 e. The number of likely N-dealkylation sites (N-methyl/N-ethyl adjacent to an activating group) is 1. The zero-order valence-electron chi connectivity index (χ0n) is 17.2. The topological polar surface area (TPSA) is 62.8 Å². The fourth-order valence-electron chi connectivity index (χ4n) is 3.17. The minimum atomic E-state index is 0. The second kappa shape index (κ2) is 14.7. The molecular weight excluding hydrogens is 401 g/mol. The number of methoxy groups -OCH3 is 1. The van der Waals surface area contributed by atoms with Crippen LogP contribution in [0.5, 0.6) is 11.5 Å². The Bertz CT molecular complexity index is 566. The van der Waals surface area contributed by atoms with E-state index in [1.54, 1.807) is 7.11 Å². The van der Waals surface area contributed by atoms with Gasteiger partial charge >= 0.3 is 0 Å². The lowest BCUT2D eigenvalue weighted by Gasteiger charge is -2.22. The summed E-state index contributed by atoms with van der Waals surface area (Å²) in [5.41, 5.74) is 1.01. The summed E-state index contributed by atoms with van der Waals surface area (Å²) in [6.07, 6.45) is 2.02. The first-order chi connectivity index (χ1) is 12.7. The molecular formula is C20H35Cl2N3O3. The molecule has 1 aliphatic heterocycles. The number of ether oxygens (including phenoxy) is 2. The molecule has 1 amide bonds.